The van der Waals surface area contributed by atoms with Gasteiger partial charge < -0.3 is 10.6 Å². The monoisotopic (exact) mass is 489 g/mol. The molecule has 35 heavy (non-hydrogen) atoms. The van der Waals surface area contributed by atoms with E-state index in [1.165, 1.54) is 22.7 Å². The molecule has 1 aliphatic carbocycles. The van der Waals surface area contributed by atoms with Gasteiger partial charge in [0.2, 0.25) is 11.8 Å². The van der Waals surface area contributed by atoms with Crippen molar-refractivity contribution in [2.45, 2.75) is 51.1 Å². The molecular weight excluding hydrogens is 458 g/mol. The van der Waals surface area contributed by atoms with Gasteiger partial charge in [0.15, 0.2) is 0 Å². The molecule has 0 spiro atoms. The first-order valence-corrected chi connectivity index (χ1v) is 13.0. The largest absolute Gasteiger partial charge is 0.351 e. The number of aryl methyl sites for hydroxylation is 1. The molecule has 1 aromatic heterocycles. The number of thiophene rings is 1. The molecule has 1 unspecified atom stereocenters. The van der Waals surface area contributed by atoms with Crippen LogP contribution in [0, 0.1) is 6.92 Å². The van der Waals surface area contributed by atoms with Crippen LogP contribution in [0.1, 0.15) is 58.9 Å². The molecule has 2 aromatic carbocycles. The Morgan fingerprint density at radius 1 is 0.943 bits per heavy atom. The molecule has 3 amide bonds. The predicted molar refractivity (Wildman–Crippen MR) is 140 cm³/mol. The van der Waals surface area contributed by atoms with Crippen molar-refractivity contribution in [2.75, 3.05) is 11.4 Å². The third kappa shape index (κ3) is 6.17. The minimum Gasteiger partial charge on any atom is -0.351 e. The fraction of sp³-hybridized carbons (Fsp3) is 0.321. The zero-order valence-corrected chi connectivity index (χ0v) is 20.7. The van der Waals surface area contributed by atoms with Gasteiger partial charge in [-0.25, -0.2) is 0 Å². The zero-order chi connectivity index (χ0) is 24.6. The fourth-order valence-corrected chi connectivity index (χ4v) is 5.21. The first-order valence-electron chi connectivity index (χ1n) is 12.1. The van der Waals surface area contributed by atoms with Gasteiger partial charge in [-0.05, 0) is 48.4 Å². The van der Waals surface area contributed by atoms with Crippen LogP contribution in [0.3, 0.4) is 0 Å². The Bertz CT molecular complexity index is 1140. The molecule has 1 aliphatic rings. The second-order valence-corrected chi connectivity index (χ2v) is 9.81. The van der Waals surface area contributed by atoms with Crippen molar-refractivity contribution in [1.29, 1.82) is 0 Å². The Hall–Kier alpha value is -3.45. The summed E-state index contributed by atoms with van der Waals surface area (Å²) in [6.45, 7) is 1.70. The highest BCUT2D eigenvalue weighted by Gasteiger charge is 2.34. The molecule has 2 N–H and O–H groups in total. The van der Waals surface area contributed by atoms with E-state index >= 15 is 0 Å². The quantitative estimate of drug-likeness (QED) is 0.467. The molecule has 1 fully saturated rings. The Morgan fingerprint density at radius 2 is 1.66 bits per heavy atom. The minimum atomic E-state index is -0.856. The Kier molecular flexibility index (Phi) is 8.32. The molecule has 6 nitrogen and oxygen atoms in total. The van der Waals surface area contributed by atoms with Gasteiger partial charge >= 0.3 is 0 Å². The lowest BCUT2D eigenvalue weighted by molar-refractivity contribution is -0.127. The van der Waals surface area contributed by atoms with Crippen LogP contribution in [0.25, 0.3) is 0 Å². The van der Waals surface area contributed by atoms with E-state index in [0.717, 1.165) is 36.8 Å². The lowest BCUT2D eigenvalue weighted by atomic mass is 9.94. The topological polar surface area (TPSA) is 78.5 Å². The van der Waals surface area contributed by atoms with Crippen molar-refractivity contribution in [1.82, 2.24) is 10.6 Å². The van der Waals surface area contributed by atoms with Crippen molar-refractivity contribution in [3.05, 3.63) is 88.1 Å². The summed E-state index contributed by atoms with van der Waals surface area (Å²) in [6.07, 6.45) is 5.27. The molecule has 0 aliphatic heterocycles. The number of anilines is 1. The van der Waals surface area contributed by atoms with Crippen LogP contribution >= 0.6 is 11.3 Å². The van der Waals surface area contributed by atoms with E-state index in [-0.39, 0.29) is 30.3 Å². The van der Waals surface area contributed by atoms with Gasteiger partial charge in [-0.1, -0.05) is 73.9 Å². The summed E-state index contributed by atoms with van der Waals surface area (Å²) >= 11 is 1.32. The predicted octanol–water partition coefficient (Wildman–Crippen LogP) is 5.01. The number of amides is 3. The number of para-hydroxylation sites is 1. The highest BCUT2D eigenvalue weighted by molar-refractivity contribution is 7.12. The lowest BCUT2D eigenvalue weighted by Gasteiger charge is -2.34. The molecule has 0 bridgehead atoms. The summed E-state index contributed by atoms with van der Waals surface area (Å²) in [4.78, 5) is 42.1. The third-order valence-electron chi connectivity index (χ3n) is 6.36. The van der Waals surface area contributed by atoms with Crippen molar-refractivity contribution < 1.29 is 14.4 Å². The van der Waals surface area contributed by atoms with Crippen LogP contribution in [0.2, 0.25) is 0 Å². The van der Waals surface area contributed by atoms with E-state index in [2.05, 4.69) is 10.6 Å². The summed E-state index contributed by atoms with van der Waals surface area (Å²) in [5.41, 5.74) is 2.24. The second kappa shape index (κ2) is 11.8. The second-order valence-electron chi connectivity index (χ2n) is 8.87. The summed E-state index contributed by atoms with van der Waals surface area (Å²) in [7, 11) is 0. The molecule has 0 radical (unpaired) electrons. The SMILES string of the molecule is Cc1ccccc1N(C(=O)CNC(=O)c1cccs1)C(C(=O)NC1CCCCC1)c1ccccc1. The van der Waals surface area contributed by atoms with E-state index in [9.17, 15) is 14.4 Å². The van der Waals surface area contributed by atoms with Crippen LogP contribution in [0.4, 0.5) is 5.69 Å². The number of hydrogen-bond acceptors (Lipinski definition) is 4. The van der Waals surface area contributed by atoms with Crippen molar-refractivity contribution in [2.24, 2.45) is 0 Å². The number of carbonyl (C=O) groups is 3. The first kappa shape index (κ1) is 24.7. The number of benzene rings is 2. The highest BCUT2D eigenvalue weighted by Crippen LogP contribution is 2.31. The van der Waals surface area contributed by atoms with Crippen molar-refractivity contribution in [3.63, 3.8) is 0 Å². The van der Waals surface area contributed by atoms with Crippen LogP contribution in [0.5, 0.6) is 0 Å². The number of hydrogen-bond donors (Lipinski definition) is 2. The van der Waals surface area contributed by atoms with Crippen molar-refractivity contribution in [3.8, 4) is 0 Å². The Labute approximate surface area is 210 Å². The Morgan fingerprint density at radius 3 is 2.34 bits per heavy atom. The minimum absolute atomic E-state index is 0.106. The average molecular weight is 490 g/mol. The summed E-state index contributed by atoms with van der Waals surface area (Å²) in [5.74, 6) is -0.859. The molecular formula is C28H31N3O3S. The van der Waals surface area contributed by atoms with Gasteiger partial charge in [0.1, 0.15) is 6.04 Å². The van der Waals surface area contributed by atoms with Gasteiger partial charge in [0, 0.05) is 11.7 Å². The van der Waals surface area contributed by atoms with Crippen LogP contribution < -0.4 is 15.5 Å². The normalized spacial score (nSPS) is 14.7. The summed E-state index contributed by atoms with van der Waals surface area (Å²) in [5, 5.41) is 7.76. The standard InChI is InChI=1S/C28H31N3O3S/c1-20-11-8-9-16-23(20)31(25(32)19-29-27(33)24-17-10-18-35-24)26(21-12-4-2-5-13-21)28(34)30-22-14-6-3-7-15-22/h2,4-5,8-13,16-18,22,26H,3,6-7,14-15,19H2,1H3,(H,29,33)(H,30,34). The molecule has 1 heterocycles. The fourth-order valence-electron chi connectivity index (χ4n) is 4.57. The number of carbonyl (C=O) groups excluding carboxylic acids is 3. The molecule has 7 heteroatoms. The van der Waals surface area contributed by atoms with Crippen LogP contribution in [-0.2, 0) is 9.59 Å². The molecule has 0 saturated heterocycles. The molecule has 1 atom stereocenters. The molecule has 3 aromatic rings. The number of rotatable bonds is 8. The first-order chi connectivity index (χ1) is 17.0. The smallest absolute Gasteiger partial charge is 0.261 e. The maximum atomic E-state index is 13.8. The molecule has 4 rings (SSSR count). The molecule has 182 valence electrons. The van der Waals surface area contributed by atoms with Gasteiger partial charge in [-0.15, -0.1) is 11.3 Å². The zero-order valence-electron chi connectivity index (χ0n) is 19.9. The van der Waals surface area contributed by atoms with Gasteiger partial charge in [-0.2, -0.15) is 0 Å². The van der Waals surface area contributed by atoms with Gasteiger partial charge in [0.25, 0.3) is 5.91 Å². The van der Waals surface area contributed by atoms with Gasteiger partial charge in [-0.3, -0.25) is 19.3 Å². The van der Waals surface area contributed by atoms with Crippen molar-refractivity contribution >= 4 is 34.7 Å². The number of nitrogens with one attached hydrogen (secondary N) is 2. The summed E-state index contributed by atoms with van der Waals surface area (Å²) in [6, 6.07) is 19.6. The van der Waals surface area contributed by atoms with E-state index in [1.54, 1.807) is 12.1 Å². The number of nitrogens with zero attached hydrogens (tertiary/aromatic N) is 1. The highest BCUT2D eigenvalue weighted by atomic mass is 32.1. The third-order valence-corrected chi connectivity index (χ3v) is 7.23. The maximum absolute atomic E-state index is 13.8. The van der Waals surface area contributed by atoms with E-state index in [0.29, 0.717) is 10.6 Å². The summed E-state index contributed by atoms with van der Waals surface area (Å²) < 4.78 is 0. The van der Waals surface area contributed by atoms with E-state index in [4.69, 9.17) is 0 Å². The maximum Gasteiger partial charge on any atom is 0.261 e. The van der Waals surface area contributed by atoms with Gasteiger partial charge in [0.05, 0.1) is 11.4 Å². The van der Waals surface area contributed by atoms with Crippen LogP contribution in [0.15, 0.2) is 72.1 Å². The average Bonchev–Trinajstić information content (AvgIpc) is 3.42. The lowest BCUT2D eigenvalue weighted by Crippen LogP contribution is -2.49. The van der Waals surface area contributed by atoms with Crippen LogP contribution in [-0.4, -0.2) is 30.3 Å². The Balaban J connectivity index is 1.67. The van der Waals surface area contributed by atoms with E-state index < -0.39 is 6.04 Å². The van der Waals surface area contributed by atoms with E-state index in [1.807, 2.05) is 66.9 Å². The molecule has 1 saturated carbocycles.